The summed E-state index contributed by atoms with van der Waals surface area (Å²) in [7, 11) is 0. The molecule has 1 aromatic carbocycles. The molecule has 1 aliphatic rings. The predicted octanol–water partition coefficient (Wildman–Crippen LogP) is 3.57. The van der Waals surface area contributed by atoms with Gasteiger partial charge < -0.3 is 15.2 Å². The maximum Gasteiger partial charge on any atom is 0.256 e. The third kappa shape index (κ3) is 3.52. The van der Waals surface area contributed by atoms with Crippen LogP contribution in [0.4, 0.5) is 5.82 Å². The minimum absolute atomic E-state index is 0.0195. The molecular formula is C22H27N5O2. The van der Waals surface area contributed by atoms with Gasteiger partial charge in [-0.2, -0.15) is 5.10 Å². The molecule has 0 saturated carbocycles. The number of hydrogen-bond acceptors (Lipinski definition) is 3. The number of fused-ring (bicyclic) bond motifs is 1. The summed E-state index contributed by atoms with van der Waals surface area (Å²) in [6, 6.07) is 9.63. The number of aromatic amines is 1. The molecule has 3 aromatic rings. The SMILES string of the molecule is CCn1ccc(NC(=O)C2(C)CCCN(C(=O)c3c(C)[nH]c4ccccc34)C2)n1. The van der Waals surface area contributed by atoms with E-state index in [-0.39, 0.29) is 11.8 Å². The molecular weight excluding hydrogens is 366 g/mol. The fraction of sp³-hybridized carbons (Fsp3) is 0.409. The lowest BCUT2D eigenvalue weighted by atomic mass is 9.80. The molecule has 2 amide bonds. The van der Waals surface area contributed by atoms with Gasteiger partial charge >= 0.3 is 0 Å². The zero-order chi connectivity index (χ0) is 20.6. The molecule has 0 radical (unpaired) electrons. The van der Waals surface area contributed by atoms with E-state index < -0.39 is 5.41 Å². The van der Waals surface area contributed by atoms with Crippen molar-refractivity contribution in [1.29, 1.82) is 0 Å². The number of para-hydroxylation sites is 1. The van der Waals surface area contributed by atoms with Gasteiger partial charge in [0.2, 0.25) is 5.91 Å². The molecule has 7 heteroatoms. The van der Waals surface area contributed by atoms with Crippen LogP contribution in [0.25, 0.3) is 10.9 Å². The van der Waals surface area contributed by atoms with Gasteiger partial charge in [0.15, 0.2) is 5.82 Å². The number of aromatic nitrogens is 3. The molecule has 1 fully saturated rings. The zero-order valence-electron chi connectivity index (χ0n) is 17.2. The number of amides is 2. The molecule has 2 N–H and O–H groups in total. The maximum absolute atomic E-state index is 13.4. The highest BCUT2D eigenvalue weighted by atomic mass is 16.2. The monoisotopic (exact) mass is 393 g/mol. The Morgan fingerprint density at radius 2 is 2.07 bits per heavy atom. The van der Waals surface area contributed by atoms with E-state index in [1.54, 1.807) is 10.7 Å². The molecule has 4 rings (SSSR count). The van der Waals surface area contributed by atoms with Gasteiger partial charge in [-0.25, -0.2) is 0 Å². The summed E-state index contributed by atoms with van der Waals surface area (Å²) >= 11 is 0. The highest BCUT2D eigenvalue weighted by molar-refractivity contribution is 6.08. The van der Waals surface area contributed by atoms with Crippen LogP contribution in [0.1, 0.15) is 42.7 Å². The smallest absolute Gasteiger partial charge is 0.256 e. The van der Waals surface area contributed by atoms with Crippen LogP contribution in [0.2, 0.25) is 0 Å². The number of carbonyl (C=O) groups is 2. The minimum atomic E-state index is -0.649. The Labute approximate surface area is 170 Å². The van der Waals surface area contributed by atoms with E-state index in [4.69, 9.17) is 0 Å². The summed E-state index contributed by atoms with van der Waals surface area (Å²) in [6.07, 6.45) is 3.37. The van der Waals surface area contributed by atoms with Crippen molar-refractivity contribution < 1.29 is 9.59 Å². The van der Waals surface area contributed by atoms with Gasteiger partial charge in [0.05, 0.1) is 11.0 Å². The van der Waals surface area contributed by atoms with Gasteiger partial charge in [0.1, 0.15) is 0 Å². The molecule has 7 nitrogen and oxygen atoms in total. The average molecular weight is 393 g/mol. The number of H-pyrrole nitrogens is 1. The van der Waals surface area contributed by atoms with Gasteiger partial charge in [-0.05, 0) is 39.7 Å². The molecule has 3 heterocycles. The maximum atomic E-state index is 13.4. The summed E-state index contributed by atoms with van der Waals surface area (Å²) in [6.45, 7) is 7.65. The Morgan fingerprint density at radius 1 is 1.28 bits per heavy atom. The van der Waals surface area contributed by atoms with Crippen LogP contribution < -0.4 is 5.32 Å². The molecule has 0 bridgehead atoms. The van der Waals surface area contributed by atoms with E-state index in [2.05, 4.69) is 15.4 Å². The Balaban J connectivity index is 1.54. The van der Waals surface area contributed by atoms with Crippen molar-refractivity contribution in [3.8, 4) is 0 Å². The molecule has 0 spiro atoms. The van der Waals surface area contributed by atoms with Crippen molar-refractivity contribution in [1.82, 2.24) is 19.7 Å². The Hall–Kier alpha value is -3.09. The van der Waals surface area contributed by atoms with Crippen LogP contribution in [0.3, 0.4) is 0 Å². The lowest BCUT2D eigenvalue weighted by Crippen LogP contribution is -2.50. The second-order valence-electron chi connectivity index (χ2n) is 8.07. The third-order valence-electron chi connectivity index (χ3n) is 5.85. The van der Waals surface area contributed by atoms with E-state index in [0.717, 1.165) is 36.0 Å². The topological polar surface area (TPSA) is 83.0 Å². The first-order valence-corrected chi connectivity index (χ1v) is 10.1. The first-order valence-electron chi connectivity index (χ1n) is 10.1. The number of aryl methyl sites for hydroxylation is 2. The lowest BCUT2D eigenvalue weighted by molar-refractivity contribution is -0.127. The van der Waals surface area contributed by atoms with Crippen molar-refractivity contribution in [3.63, 3.8) is 0 Å². The number of carbonyl (C=O) groups excluding carboxylic acids is 2. The second-order valence-corrected chi connectivity index (χ2v) is 8.07. The average Bonchev–Trinajstić information content (AvgIpc) is 3.30. The number of benzene rings is 1. The first kappa shape index (κ1) is 19.2. The van der Waals surface area contributed by atoms with Gasteiger partial charge in [-0.15, -0.1) is 0 Å². The minimum Gasteiger partial charge on any atom is -0.358 e. The number of nitrogens with zero attached hydrogens (tertiary/aromatic N) is 3. The number of anilines is 1. The number of rotatable bonds is 4. The van der Waals surface area contributed by atoms with Crippen LogP contribution in [0.15, 0.2) is 36.5 Å². The molecule has 152 valence electrons. The van der Waals surface area contributed by atoms with E-state index in [0.29, 0.717) is 24.5 Å². The summed E-state index contributed by atoms with van der Waals surface area (Å²) < 4.78 is 1.77. The van der Waals surface area contributed by atoms with Crippen molar-refractivity contribution in [3.05, 3.63) is 47.8 Å². The summed E-state index contributed by atoms with van der Waals surface area (Å²) in [5.41, 5.74) is 1.87. The van der Waals surface area contributed by atoms with Crippen LogP contribution in [-0.2, 0) is 11.3 Å². The number of likely N-dealkylation sites (tertiary alicyclic amines) is 1. The van der Waals surface area contributed by atoms with E-state index in [9.17, 15) is 9.59 Å². The van der Waals surface area contributed by atoms with Crippen LogP contribution in [-0.4, -0.2) is 44.6 Å². The normalized spacial score (nSPS) is 19.5. The van der Waals surface area contributed by atoms with Crippen molar-refractivity contribution in [2.24, 2.45) is 5.41 Å². The number of nitrogens with one attached hydrogen (secondary N) is 2. The molecule has 1 atom stereocenters. The Morgan fingerprint density at radius 3 is 2.83 bits per heavy atom. The predicted molar refractivity (Wildman–Crippen MR) is 113 cm³/mol. The number of piperidine rings is 1. The lowest BCUT2D eigenvalue weighted by Gasteiger charge is -2.39. The molecule has 2 aromatic heterocycles. The van der Waals surface area contributed by atoms with E-state index >= 15 is 0 Å². The number of hydrogen-bond donors (Lipinski definition) is 2. The van der Waals surface area contributed by atoms with Crippen molar-refractivity contribution in [2.45, 2.75) is 40.2 Å². The summed E-state index contributed by atoms with van der Waals surface area (Å²) in [5.74, 6) is 0.440. The molecule has 0 aliphatic carbocycles. The standard InChI is InChI=1S/C22H27N5O2/c1-4-27-13-10-18(25-27)24-21(29)22(3)11-7-12-26(14-22)20(28)19-15(2)23-17-9-6-5-8-16(17)19/h5-6,8-10,13,23H,4,7,11-12,14H2,1-3H3,(H,24,25,29). The first-order chi connectivity index (χ1) is 13.9. The summed E-state index contributed by atoms with van der Waals surface area (Å²) in [5, 5.41) is 8.19. The van der Waals surface area contributed by atoms with Gasteiger partial charge in [0.25, 0.3) is 5.91 Å². The molecule has 1 saturated heterocycles. The molecule has 29 heavy (non-hydrogen) atoms. The fourth-order valence-corrected chi connectivity index (χ4v) is 4.18. The largest absolute Gasteiger partial charge is 0.358 e. The molecule has 1 unspecified atom stereocenters. The van der Waals surface area contributed by atoms with E-state index in [1.807, 2.05) is 56.1 Å². The van der Waals surface area contributed by atoms with Gasteiger partial charge in [-0.1, -0.05) is 18.2 Å². The fourth-order valence-electron chi connectivity index (χ4n) is 4.18. The highest BCUT2D eigenvalue weighted by Crippen LogP contribution is 2.33. The Bertz CT molecular complexity index is 1070. The quantitative estimate of drug-likeness (QED) is 0.711. The third-order valence-corrected chi connectivity index (χ3v) is 5.85. The van der Waals surface area contributed by atoms with Crippen LogP contribution in [0, 0.1) is 12.3 Å². The Kier molecular flexibility index (Phi) is 4.90. The van der Waals surface area contributed by atoms with Gasteiger partial charge in [-0.3, -0.25) is 14.3 Å². The van der Waals surface area contributed by atoms with E-state index in [1.165, 1.54) is 0 Å². The zero-order valence-corrected chi connectivity index (χ0v) is 17.2. The second kappa shape index (κ2) is 7.39. The van der Waals surface area contributed by atoms with Crippen molar-refractivity contribution in [2.75, 3.05) is 18.4 Å². The van der Waals surface area contributed by atoms with Crippen molar-refractivity contribution >= 4 is 28.5 Å². The summed E-state index contributed by atoms with van der Waals surface area (Å²) in [4.78, 5) is 31.5. The van der Waals surface area contributed by atoms with Crippen LogP contribution >= 0.6 is 0 Å². The van der Waals surface area contributed by atoms with Gasteiger partial charge in [0, 0.05) is 48.5 Å². The molecule has 1 aliphatic heterocycles. The highest BCUT2D eigenvalue weighted by Gasteiger charge is 2.40. The van der Waals surface area contributed by atoms with Crippen LogP contribution in [0.5, 0.6) is 0 Å².